The largest absolute Gasteiger partial charge is 0.383 e. The van der Waals surface area contributed by atoms with E-state index in [-0.39, 0.29) is 0 Å². The number of H-pyrrole nitrogens is 1. The zero-order chi connectivity index (χ0) is 18.3. The standard InChI is InChI=1S/C20H18N4OS/c1-11-7-14-8-12(5-6-16(14)24-11)15-10-26-19-13(3-2-4-17(21)25)9-23-20(22)18(15)19/h2,4-10,24H,3H2,1H3,(H2,21,25)(H2,22,23). The highest BCUT2D eigenvalue weighted by Gasteiger charge is 2.14. The molecule has 5 nitrogen and oxygen atoms in total. The Hall–Kier alpha value is -3.12. The number of aromatic nitrogens is 2. The van der Waals surface area contributed by atoms with Crippen molar-refractivity contribution >= 4 is 44.1 Å². The second-order valence-corrected chi connectivity index (χ2v) is 7.17. The van der Waals surface area contributed by atoms with Gasteiger partial charge in [0.2, 0.25) is 5.91 Å². The van der Waals surface area contributed by atoms with E-state index in [0.717, 1.165) is 38.0 Å². The predicted octanol–water partition coefficient (Wildman–Crippen LogP) is 3.92. The van der Waals surface area contributed by atoms with Crippen molar-refractivity contribution < 1.29 is 4.79 Å². The van der Waals surface area contributed by atoms with Crippen LogP contribution in [0.5, 0.6) is 0 Å². The molecule has 26 heavy (non-hydrogen) atoms. The maximum absolute atomic E-state index is 10.9. The molecule has 0 bridgehead atoms. The smallest absolute Gasteiger partial charge is 0.241 e. The number of allylic oxidation sites excluding steroid dienone is 1. The van der Waals surface area contributed by atoms with Crippen molar-refractivity contribution in [3.8, 4) is 11.1 Å². The minimum absolute atomic E-state index is 0.452. The number of nitrogens with two attached hydrogens (primary N) is 2. The maximum atomic E-state index is 10.9. The third-order valence-corrected chi connectivity index (χ3v) is 5.44. The van der Waals surface area contributed by atoms with Gasteiger partial charge in [0.15, 0.2) is 0 Å². The van der Waals surface area contributed by atoms with Gasteiger partial charge in [0, 0.05) is 38.4 Å². The van der Waals surface area contributed by atoms with E-state index >= 15 is 0 Å². The molecule has 3 heterocycles. The molecule has 0 atom stereocenters. The quantitative estimate of drug-likeness (QED) is 0.480. The summed E-state index contributed by atoms with van der Waals surface area (Å²) < 4.78 is 1.09. The second kappa shape index (κ2) is 6.31. The number of rotatable bonds is 4. The number of carbonyl (C=O) groups is 1. The Morgan fingerprint density at radius 2 is 2.19 bits per heavy atom. The minimum Gasteiger partial charge on any atom is -0.383 e. The first-order valence-electron chi connectivity index (χ1n) is 8.23. The van der Waals surface area contributed by atoms with Crippen LogP contribution in [0.1, 0.15) is 11.3 Å². The molecule has 130 valence electrons. The van der Waals surface area contributed by atoms with Gasteiger partial charge in [0.1, 0.15) is 5.82 Å². The first kappa shape index (κ1) is 16.4. The number of nitrogens with zero attached hydrogens (tertiary/aromatic N) is 1. The molecular weight excluding hydrogens is 344 g/mol. The Morgan fingerprint density at radius 3 is 3.00 bits per heavy atom. The van der Waals surface area contributed by atoms with Gasteiger partial charge >= 0.3 is 0 Å². The molecule has 3 aromatic heterocycles. The lowest BCUT2D eigenvalue weighted by molar-refractivity contribution is -0.113. The molecule has 0 saturated heterocycles. The fourth-order valence-electron chi connectivity index (χ4n) is 3.22. The number of nitrogens with one attached hydrogen (secondary N) is 1. The van der Waals surface area contributed by atoms with Crippen molar-refractivity contribution in [2.75, 3.05) is 5.73 Å². The number of aryl methyl sites for hydroxylation is 1. The average Bonchev–Trinajstić information content (AvgIpc) is 3.19. The van der Waals surface area contributed by atoms with Gasteiger partial charge in [-0.2, -0.15) is 0 Å². The van der Waals surface area contributed by atoms with Gasteiger partial charge in [-0.3, -0.25) is 4.79 Å². The van der Waals surface area contributed by atoms with Gasteiger partial charge in [-0.25, -0.2) is 4.98 Å². The second-order valence-electron chi connectivity index (χ2n) is 6.29. The summed E-state index contributed by atoms with van der Waals surface area (Å²) in [5.41, 5.74) is 16.8. The van der Waals surface area contributed by atoms with Crippen molar-refractivity contribution in [3.05, 3.63) is 59.3 Å². The van der Waals surface area contributed by atoms with Crippen molar-refractivity contribution in [3.63, 3.8) is 0 Å². The summed E-state index contributed by atoms with van der Waals surface area (Å²) in [6.07, 6.45) is 5.48. The molecule has 5 N–H and O–H groups in total. The molecule has 1 amide bonds. The number of benzene rings is 1. The van der Waals surface area contributed by atoms with Crippen LogP contribution in [0.3, 0.4) is 0 Å². The molecule has 0 aliphatic rings. The van der Waals surface area contributed by atoms with E-state index in [0.29, 0.717) is 12.2 Å². The van der Waals surface area contributed by atoms with E-state index in [9.17, 15) is 4.79 Å². The number of hydrogen-bond donors (Lipinski definition) is 3. The van der Waals surface area contributed by atoms with E-state index in [1.807, 2.05) is 6.92 Å². The Labute approximate surface area is 154 Å². The normalized spacial score (nSPS) is 11.7. The first-order chi connectivity index (χ1) is 12.5. The summed E-state index contributed by atoms with van der Waals surface area (Å²) in [4.78, 5) is 18.6. The summed E-state index contributed by atoms with van der Waals surface area (Å²) in [6, 6.07) is 8.48. The van der Waals surface area contributed by atoms with E-state index in [4.69, 9.17) is 11.5 Å². The highest BCUT2D eigenvalue weighted by atomic mass is 32.1. The van der Waals surface area contributed by atoms with Crippen LogP contribution in [-0.4, -0.2) is 15.9 Å². The molecule has 0 saturated carbocycles. The number of aromatic amines is 1. The molecule has 0 aliphatic carbocycles. The molecule has 0 fully saturated rings. The highest BCUT2D eigenvalue weighted by molar-refractivity contribution is 7.18. The SMILES string of the molecule is Cc1cc2cc(-c3csc4c(CC=CC(N)=O)cnc(N)c34)ccc2[nH]1. The van der Waals surface area contributed by atoms with Crippen LogP contribution in [0.15, 0.2) is 48.0 Å². The minimum atomic E-state index is -0.452. The lowest BCUT2D eigenvalue weighted by Gasteiger charge is -2.05. The van der Waals surface area contributed by atoms with Crippen LogP contribution in [0, 0.1) is 6.92 Å². The summed E-state index contributed by atoms with van der Waals surface area (Å²) >= 11 is 1.64. The van der Waals surface area contributed by atoms with E-state index in [1.165, 1.54) is 11.5 Å². The summed E-state index contributed by atoms with van der Waals surface area (Å²) in [7, 11) is 0. The van der Waals surface area contributed by atoms with Crippen LogP contribution in [0.2, 0.25) is 0 Å². The fraction of sp³-hybridized carbons (Fsp3) is 0.100. The monoisotopic (exact) mass is 362 g/mol. The Kier molecular flexibility index (Phi) is 3.97. The van der Waals surface area contributed by atoms with Crippen molar-refractivity contribution in [1.29, 1.82) is 0 Å². The van der Waals surface area contributed by atoms with Crippen molar-refractivity contribution in [1.82, 2.24) is 9.97 Å². The van der Waals surface area contributed by atoms with Gasteiger partial charge in [-0.15, -0.1) is 11.3 Å². The molecule has 0 radical (unpaired) electrons. The lowest BCUT2D eigenvalue weighted by atomic mass is 10.0. The number of nitrogen functional groups attached to an aromatic ring is 1. The predicted molar refractivity (Wildman–Crippen MR) is 108 cm³/mol. The molecule has 4 aromatic rings. The molecule has 0 unspecified atom stereocenters. The number of hydrogen-bond acceptors (Lipinski definition) is 4. The summed E-state index contributed by atoms with van der Waals surface area (Å²) in [6.45, 7) is 2.05. The molecule has 4 rings (SSSR count). The van der Waals surface area contributed by atoms with Gasteiger partial charge in [0.25, 0.3) is 0 Å². The number of thiophene rings is 1. The number of amides is 1. The Balaban J connectivity index is 1.83. The fourth-order valence-corrected chi connectivity index (χ4v) is 4.33. The number of primary amides is 1. The van der Waals surface area contributed by atoms with Gasteiger partial charge in [-0.1, -0.05) is 12.1 Å². The Morgan fingerprint density at radius 1 is 1.35 bits per heavy atom. The van der Waals surface area contributed by atoms with Crippen LogP contribution in [0.25, 0.3) is 32.1 Å². The molecule has 0 aliphatic heterocycles. The van der Waals surface area contributed by atoms with Gasteiger partial charge < -0.3 is 16.5 Å². The number of fused-ring (bicyclic) bond motifs is 2. The molecule has 6 heteroatoms. The van der Waals surface area contributed by atoms with E-state index in [1.54, 1.807) is 23.6 Å². The summed E-state index contributed by atoms with van der Waals surface area (Å²) in [5, 5.41) is 4.25. The first-order valence-corrected chi connectivity index (χ1v) is 9.11. The number of pyridine rings is 1. The van der Waals surface area contributed by atoms with Crippen LogP contribution in [0.4, 0.5) is 5.82 Å². The van der Waals surface area contributed by atoms with Gasteiger partial charge in [-0.05, 0) is 54.1 Å². The van der Waals surface area contributed by atoms with E-state index in [2.05, 4.69) is 39.6 Å². The topological polar surface area (TPSA) is 97.8 Å². The molecule has 1 aromatic carbocycles. The highest BCUT2D eigenvalue weighted by Crippen LogP contribution is 2.39. The van der Waals surface area contributed by atoms with Crippen molar-refractivity contribution in [2.24, 2.45) is 5.73 Å². The van der Waals surface area contributed by atoms with Crippen LogP contribution < -0.4 is 11.5 Å². The maximum Gasteiger partial charge on any atom is 0.241 e. The average molecular weight is 362 g/mol. The van der Waals surface area contributed by atoms with Gasteiger partial charge in [0.05, 0.1) is 0 Å². The third kappa shape index (κ3) is 2.84. The summed E-state index contributed by atoms with van der Waals surface area (Å²) in [5.74, 6) is 0.0656. The molecule has 0 spiro atoms. The van der Waals surface area contributed by atoms with Crippen molar-refractivity contribution in [2.45, 2.75) is 13.3 Å². The lowest BCUT2D eigenvalue weighted by Crippen LogP contribution is -2.05. The van der Waals surface area contributed by atoms with Crippen LogP contribution in [-0.2, 0) is 11.2 Å². The Bertz CT molecular complexity index is 1170. The number of carbonyl (C=O) groups excluding carboxylic acids is 1. The number of anilines is 1. The zero-order valence-corrected chi connectivity index (χ0v) is 15.1. The van der Waals surface area contributed by atoms with Crippen LogP contribution >= 0.6 is 11.3 Å². The zero-order valence-electron chi connectivity index (χ0n) is 14.2. The van der Waals surface area contributed by atoms with E-state index < -0.39 is 5.91 Å². The molecular formula is C20H18N4OS. The third-order valence-electron chi connectivity index (χ3n) is 4.38.